The molecule has 1 amide bonds. The largest absolute Gasteiger partial charge is 0.375 e. The molecule has 92 valence electrons. The third-order valence-electron chi connectivity index (χ3n) is 3.00. The normalized spacial score (nSPS) is 27.6. The molecule has 0 bridgehead atoms. The summed E-state index contributed by atoms with van der Waals surface area (Å²) in [4.78, 5) is 11.8. The van der Waals surface area contributed by atoms with Crippen molar-refractivity contribution in [2.45, 2.75) is 31.4 Å². The number of carbonyl (C=O) groups is 1. The SMILES string of the molecule is O=C(CC1CNCCO1)NC1CCSCC1. The number of hydrogen-bond acceptors (Lipinski definition) is 4. The molecule has 0 aromatic rings. The molecule has 0 radical (unpaired) electrons. The Bertz CT molecular complexity index is 204. The van der Waals surface area contributed by atoms with E-state index in [-0.39, 0.29) is 12.0 Å². The molecule has 0 aromatic carbocycles. The number of thioether (sulfide) groups is 1. The molecule has 16 heavy (non-hydrogen) atoms. The average Bonchev–Trinajstić information content (AvgIpc) is 2.31. The van der Waals surface area contributed by atoms with Crippen LogP contribution in [0.15, 0.2) is 0 Å². The Morgan fingerprint density at radius 1 is 1.44 bits per heavy atom. The summed E-state index contributed by atoms with van der Waals surface area (Å²) in [7, 11) is 0. The van der Waals surface area contributed by atoms with Gasteiger partial charge in [-0.3, -0.25) is 4.79 Å². The molecule has 2 heterocycles. The van der Waals surface area contributed by atoms with Crippen molar-refractivity contribution in [3.63, 3.8) is 0 Å². The summed E-state index contributed by atoms with van der Waals surface area (Å²) in [5, 5.41) is 6.34. The van der Waals surface area contributed by atoms with Crippen LogP contribution in [0.2, 0.25) is 0 Å². The lowest BCUT2D eigenvalue weighted by molar-refractivity contribution is -0.125. The zero-order valence-corrected chi connectivity index (χ0v) is 10.4. The van der Waals surface area contributed by atoms with Gasteiger partial charge in [0, 0.05) is 19.1 Å². The molecule has 4 nitrogen and oxygen atoms in total. The highest BCUT2D eigenvalue weighted by Crippen LogP contribution is 2.17. The average molecular weight is 244 g/mol. The zero-order valence-electron chi connectivity index (χ0n) is 9.54. The van der Waals surface area contributed by atoms with Gasteiger partial charge in [-0.15, -0.1) is 0 Å². The fourth-order valence-corrected chi connectivity index (χ4v) is 3.19. The van der Waals surface area contributed by atoms with Gasteiger partial charge in [0.25, 0.3) is 0 Å². The van der Waals surface area contributed by atoms with E-state index in [1.165, 1.54) is 11.5 Å². The van der Waals surface area contributed by atoms with Crippen molar-refractivity contribution in [2.24, 2.45) is 0 Å². The highest BCUT2D eigenvalue weighted by atomic mass is 32.2. The van der Waals surface area contributed by atoms with Crippen LogP contribution in [0.25, 0.3) is 0 Å². The molecule has 0 saturated carbocycles. The van der Waals surface area contributed by atoms with E-state index in [1.807, 2.05) is 11.8 Å². The molecule has 2 aliphatic heterocycles. The molecule has 2 saturated heterocycles. The van der Waals surface area contributed by atoms with Gasteiger partial charge in [0.2, 0.25) is 5.91 Å². The van der Waals surface area contributed by atoms with E-state index < -0.39 is 0 Å². The lowest BCUT2D eigenvalue weighted by Crippen LogP contribution is -2.44. The van der Waals surface area contributed by atoms with Crippen LogP contribution in [-0.4, -0.2) is 49.3 Å². The third-order valence-corrected chi connectivity index (χ3v) is 4.05. The van der Waals surface area contributed by atoms with Crippen molar-refractivity contribution < 1.29 is 9.53 Å². The van der Waals surface area contributed by atoms with Gasteiger partial charge in [-0.2, -0.15) is 11.8 Å². The van der Waals surface area contributed by atoms with Crippen LogP contribution in [0, 0.1) is 0 Å². The Labute approximate surface area is 101 Å². The van der Waals surface area contributed by atoms with Crippen molar-refractivity contribution in [3.05, 3.63) is 0 Å². The van der Waals surface area contributed by atoms with Crippen molar-refractivity contribution in [1.82, 2.24) is 10.6 Å². The summed E-state index contributed by atoms with van der Waals surface area (Å²) in [5.41, 5.74) is 0. The zero-order chi connectivity index (χ0) is 11.2. The molecule has 5 heteroatoms. The molecule has 0 spiro atoms. The van der Waals surface area contributed by atoms with E-state index in [1.54, 1.807) is 0 Å². The second-order valence-corrected chi connectivity index (χ2v) is 5.58. The number of carbonyl (C=O) groups excluding carboxylic acids is 1. The minimum atomic E-state index is 0.0618. The maximum absolute atomic E-state index is 11.8. The first-order chi connectivity index (χ1) is 7.84. The van der Waals surface area contributed by atoms with Crippen LogP contribution < -0.4 is 10.6 Å². The van der Waals surface area contributed by atoms with Crippen LogP contribution in [0.3, 0.4) is 0 Å². The smallest absolute Gasteiger partial charge is 0.222 e. The second-order valence-electron chi connectivity index (χ2n) is 4.36. The fourth-order valence-electron chi connectivity index (χ4n) is 2.09. The highest BCUT2D eigenvalue weighted by molar-refractivity contribution is 7.99. The van der Waals surface area contributed by atoms with Crippen molar-refractivity contribution >= 4 is 17.7 Å². The number of nitrogens with one attached hydrogen (secondary N) is 2. The molecule has 2 rings (SSSR count). The van der Waals surface area contributed by atoms with Crippen LogP contribution >= 0.6 is 11.8 Å². The minimum absolute atomic E-state index is 0.0618. The van der Waals surface area contributed by atoms with Crippen molar-refractivity contribution in [3.8, 4) is 0 Å². The molecule has 2 fully saturated rings. The van der Waals surface area contributed by atoms with E-state index >= 15 is 0 Å². The molecule has 2 N–H and O–H groups in total. The van der Waals surface area contributed by atoms with Gasteiger partial charge in [0.15, 0.2) is 0 Å². The van der Waals surface area contributed by atoms with Gasteiger partial charge in [-0.05, 0) is 24.3 Å². The second kappa shape index (κ2) is 6.47. The Morgan fingerprint density at radius 2 is 2.25 bits per heavy atom. The summed E-state index contributed by atoms with van der Waals surface area (Å²) in [6, 6.07) is 0.394. The fraction of sp³-hybridized carbons (Fsp3) is 0.909. The number of ether oxygens (including phenoxy) is 1. The predicted molar refractivity (Wildman–Crippen MR) is 65.7 cm³/mol. The van der Waals surface area contributed by atoms with Crippen LogP contribution in [0.4, 0.5) is 0 Å². The quantitative estimate of drug-likeness (QED) is 0.753. The summed E-state index contributed by atoms with van der Waals surface area (Å²) in [6.07, 6.45) is 2.78. The number of hydrogen-bond donors (Lipinski definition) is 2. The van der Waals surface area contributed by atoms with Gasteiger partial charge in [0.1, 0.15) is 0 Å². The van der Waals surface area contributed by atoms with Crippen LogP contribution in [0.5, 0.6) is 0 Å². The Morgan fingerprint density at radius 3 is 2.94 bits per heavy atom. The summed E-state index contributed by atoms with van der Waals surface area (Å²) in [5.74, 6) is 2.49. The van der Waals surface area contributed by atoms with E-state index in [0.717, 1.165) is 32.5 Å². The van der Waals surface area contributed by atoms with Gasteiger partial charge < -0.3 is 15.4 Å². The first-order valence-electron chi connectivity index (χ1n) is 6.04. The first kappa shape index (κ1) is 12.2. The predicted octanol–water partition coefficient (Wildman–Crippen LogP) is 0.377. The maximum atomic E-state index is 11.8. The molecular weight excluding hydrogens is 224 g/mol. The third kappa shape index (κ3) is 3.96. The van der Waals surface area contributed by atoms with E-state index in [2.05, 4.69) is 10.6 Å². The van der Waals surface area contributed by atoms with Crippen LogP contribution in [-0.2, 0) is 9.53 Å². The van der Waals surface area contributed by atoms with E-state index in [9.17, 15) is 4.79 Å². The lowest BCUT2D eigenvalue weighted by atomic mass is 10.1. The maximum Gasteiger partial charge on any atom is 0.222 e. The molecular formula is C11H20N2O2S. The topological polar surface area (TPSA) is 50.4 Å². The first-order valence-corrected chi connectivity index (χ1v) is 7.19. The van der Waals surface area contributed by atoms with Gasteiger partial charge >= 0.3 is 0 Å². The Kier molecular flexibility index (Phi) is 4.93. The van der Waals surface area contributed by atoms with E-state index in [0.29, 0.717) is 12.5 Å². The van der Waals surface area contributed by atoms with Gasteiger partial charge in [0.05, 0.1) is 19.1 Å². The monoisotopic (exact) mass is 244 g/mol. The number of morpholine rings is 1. The van der Waals surface area contributed by atoms with Gasteiger partial charge in [-0.25, -0.2) is 0 Å². The summed E-state index contributed by atoms with van der Waals surface area (Å²) >= 11 is 1.98. The summed E-state index contributed by atoms with van der Waals surface area (Å²) < 4.78 is 5.51. The molecule has 0 aromatic heterocycles. The highest BCUT2D eigenvalue weighted by Gasteiger charge is 2.20. The molecule has 2 aliphatic rings. The lowest BCUT2D eigenvalue weighted by Gasteiger charge is -2.26. The van der Waals surface area contributed by atoms with Crippen molar-refractivity contribution in [2.75, 3.05) is 31.2 Å². The summed E-state index contributed by atoms with van der Waals surface area (Å²) in [6.45, 7) is 2.42. The molecule has 0 aliphatic carbocycles. The molecule has 1 unspecified atom stereocenters. The van der Waals surface area contributed by atoms with E-state index in [4.69, 9.17) is 4.74 Å². The minimum Gasteiger partial charge on any atom is -0.375 e. The standard InChI is InChI=1S/C11H20N2O2S/c14-11(7-10-8-12-3-4-15-10)13-9-1-5-16-6-2-9/h9-10,12H,1-8H2,(H,13,14). The number of rotatable bonds is 3. The number of amides is 1. The van der Waals surface area contributed by atoms with Gasteiger partial charge in [-0.1, -0.05) is 0 Å². The molecule has 1 atom stereocenters. The Hall–Kier alpha value is -0.260. The van der Waals surface area contributed by atoms with Crippen LogP contribution in [0.1, 0.15) is 19.3 Å². The Balaban J connectivity index is 1.66. The van der Waals surface area contributed by atoms with Crippen molar-refractivity contribution in [1.29, 1.82) is 0 Å².